The van der Waals surface area contributed by atoms with Gasteiger partial charge in [-0.25, -0.2) is 9.78 Å². The summed E-state index contributed by atoms with van der Waals surface area (Å²) < 4.78 is 5.35. The van der Waals surface area contributed by atoms with Gasteiger partial charge in [0.05, 0.1) is 18.4 Å². The molecular weight excluding hydrogens is 370 g/mol. The fourth-order valence-electron chi connectivity index (χ4n) is 4.05. The van der Waals surface area contributed by atoms with Crippen LogP contribution in [0.2, 0.25) is 0 Å². The van der Waals surface area contributed by atoms with Crippen LogP contribution in [0.4, 0.5) is 0 Å². The number of ether oxygens (including phenoxy) is 1. The minimum absolute atomic E-state index is 0.120. The second-order valence-corrected chi connectivity index (χ2v) is 7.36. The monoisotopic (exact) mass is 393 g/mol. The van der Waals surface area contributed by atoms with Gasteiger partial charge in [-0.1, -0.05) is 0 Å². The number of piperidine rings is 1. The largest absolute Gasteiger partial charge is 0.497 e. The molecule has 0 saturated carbocycles. The van der Waals surface area contributed by atoms with E-state index in [1.807, 2.05) is 12.1 Å². The highest BCUT2D eigenvalue weighted by Crippen LogP contribution is 2.35. The number of rotatable bonds is 4. The van der Waals surface area contributed by atoms with E-state index in [1.54, 1.807) is 18.9 Å². The highest BCUT2D eigenvalue weighted by Gasteiger charge is 2.27. The van der Waals surface area contributed by atoms with E-state index in [2.05, 4.69) is 22.2 Å². The van der Waals surface area contributed by atoms with Gasteiger partial charge < -0.3 is 19.7 Å². The summed E-state index contributed by atoms with van der Waals surface area (Å²) in [7, 11) is 1.66. The summed E-state index contributed by atoms with van der Waals surface area (Å²) in [4.78, 5) is 33.3. The number of likely N-dealkylation sites (tertiary alicyclic amines) is 1. The van der Waals surface area contributed by atoms with E-state index in [0.717, 1.165) is 29.5 Å². The number of carbonyl (C=O) groups is 2. The second kappa shape index (κ2) is 7.58. The van der Waals surface area contributed by atoms with Crippen molar-refractivity contribution < 1.29 is 19.4 Å². The van der Waals surface area contributed by atoms with Crippen LogP contribution in [0.5, 0.6) is 5.75 Å². The predicted octanol–water partition coefficient (Wildman–Crippen LogP) is 3.60. The maximum Gasteiger partial charge on any atom is 0.337 e. The summed E-state index contributed by atoms with van der Waals surface area (Å²) in [6.07, 6.45) is 3.78. The van der Waals surface area contributed by atoms with Gasteiger partial charge in [0.2, 0.25) is 0 Å². The van der Waals surface area contributed by atoms with Gasteiger partial charge in [-0.15, -0.1) is 0 Å². The molecule has 0 atom stereocenters. The molecule has 2 N–H and O–H groups in total. The fraction of sp³-hybridized carbons (Fsp3) is 0.318. The van der Waals surface area contributed by atoms with Gasteiger partial charge in [0.15, 0.2) is 0 Å². The number of carboxylic acids is 1. The Hall–Kier alpha value is -3.35. The standard InChI is InChI=1S/C22H23N3O4/c1-13-16(22(27)28)4-6-20(24-13)21(26)25-9-7-14(8-10-25)18-12-23-19-5-3-15(29-2)11-17(18)19/h3-6,11-12,14,23H,7-10H2,1-2H3,(H,27,28). The van der Waals surface area contributed by atoms with Crippen molar-refractivity contribution in [3.63, 3.8) is 0 Å². The van der Waals surface area contributed by atoms with Crippen molar-refractivity contribution in [3.05, 3.63) is 59.0 Å². The van der Waals surface area contributed by atoms with E-state index < -0.39 is 5.97 Å². The van der Waals surface area contributed by atoms with E-state index >= 15 is 0 Å². The van der Waals surface area contributed by atoms with Gasteiger partial charge in [0, 0.05) is 30.2 Å². The Morgan fingerprint density at radius 2 is 1.97 bits per heavy atom. The van der Waals surface area contributed by atoms with Crippen LogP contribution in [0.15, 0.2) is 36.5 Å². The highest BCUT2D eigenvalue weighted by molar-refractivity contribution is 5.94. The zero-order valence-corrected chi connectivity index (χ0v) is 16.4. The van der Waals surface area contributed by atoms with Crippen molar-refractivity contribution in [2.75, 3.05) is 20.2 Å². The number of aromatic amines is 1. The number of amides is 1. The molecule has 1 aromatic carbocycles. The zero-order chi connectivity index (χ0) is 20.5. The SMILES string of the molecule is COc1ccc2[nH]cc(C3CCN(C(=O)c4ccc(C(=O)O)c(C)n4)CC3)c2c1. The smallest absolute Gasteiger partial charge is 0.337 e. The van der Waals surface area contributed by atoms with E-state index in [1.165, 1.54) is 17.7 Å². The summed E-state index contributed by atoms with van der Waals surface area (Å²) in [5.74, 6) is 0.00969. The Kier molecular flexibility index (Phi) is 4.96. The van der Waals surface area contributed by atoms with Gasteiger partial charge in [0.1, 0.15) is 11.4 Å². The van der Waals surface area contributed by atoms with Crippen LogP contribution < -0.4 is 4.74 Å². The third-order valence-electron chi connectivity index (χ3n) is 5.68. The van der Waals surface area contributed by atoms with E-state index in [9.17, 15) is 9.59 Å². The number of H-pyrrole nitrogens is 1. The van der Waals surface area contributed by atoms with Crippen molar-refractivity contribution in [2.24, 2.45) is 0 Å². The molecule has 0 unspecified atom stereocenters. The lowest BCUT2D eigenvalue weighted by Gasteiger charge is -2.32. The Labute approximate surface area is 168 Å². The molecule has 0 radical (unpaired) electrons. The van der Waals surface area contributed by atoms with Crippen molar-refractivity contribution in [1.29, 1.82) is 0 Å². The fourth-order valence-corrected chi connectivity index (χ4v) is 4.05. The lowest BCUT2D eigenvalue weighted by atomic mass is 9.89. The summed E-state index contributed by atoms with van der Waals surface area (Å²) in [5, 5.41) is 10.3. The Balaban J connectivity index is 1.48. The third kappa shape index (κ3) is 3.55. The lowest BCUT2D eigenvalue weighted by molar-refractivity contribution is 0.0684. The molecule has 1 saturated heterocycles. The van der Waals surface area contributed by atoms with Crippen molar-refractivity contribution in [3.8, 4) is 5.75 Å². The van der Waals surface area contributed by atoms with Crippen molar-refractivity contribution in [1.82, 2.24) is 14.9 Å². The van der Waals surface area contributed by atoms with E-state index in [0.29, 0.717) is 30.4 Å². The van der Waals surface area contributed by atoms with E-state index in [-0.39, 0.29) is 11.5 Å². The quantitative estimate of drug-likeness (QED) is 0.706. The molecule has 2 aromatic heterocycles. The van der Waals surface area contributed by atoms with Crippen LogP contribution in [0.1, 0.15) is 50.9 Å². The first-order chi connectivity index (χ1) is 14.0. The number of benzene rings is 1. The molecule has 7 nitrogen and oxygen atoms in total. The van der Waals surface area contributed by atoms with Crippen LogP contribution >= 0.6 is 0 Å². The Bertz CT molecular complexity index is 1080. The number of hydrogen-bond donors (Lipinski definition) is 2. The minimum atomic E-state index is -1.04. The highest BCUT2D eigenvalue weighted by atomic mass is 16.5. The van der Waals surface area contributed by atoms with Crippen LogP contribution in [-0.2, 0) is 0 Å². The number of nitrogens with zero attached hydrogens (tertiary/aromatic N) is 2. The zero-order valence-electron chi connectivity index (χ0n) is 16.4. The first-order valence-electron chi connectivity index (χ1n) is 9.63. The molecule has 150 valence electrons. The molecule has 4 rings (SSSR count). The molecule has 3 aromatic rings. The summed E-state index contributed by atoms with van der Waals surface area (Å²) in [6, 6.07) is 8.95. The molecular formula is C22H23N3O4. The Morgan fingerprint density at radius 1 is 1.21 bits per heavy atom. The summed E-state index contributed by atoms with van der Waals surface area (Å²) in [6.45, 7) is 2.89. The Morgan fingerprint density at radius 3 is 2.62 bits per heavy atom. The van der Waals surface area contributed by atoms with Gasteiger partial charge in [0.25, 0.3) is 5.91 Å². The first-order valence-corrected chi connectivity index (χ1v) is 9.63. The van der Waals surface area contributed by atoms with Gasteiger partial charge in [-0.2, -0.15) is 0 Å². The molecule has 0 spiro atoms. The van der Waals surface area contributed by atoms with Gasteiger partial charge in [-0.05, 0) is 61.6 Å². The van der Waals surface area contributed by atoms with Crippen LogP contribution in [0.25, 0.3) is 10.9 Å². The molecule has 0 aliphatic carbocycles. The second-order valence-electron chi connectivity index (χ2n) is 7.36. The number of methoxy groups -OCH3 is 1. The minimum Gasteiger partial charge on any atom is -0.497 e. The summed E-state index contributed by atoms with van der Waals surface area (Å²) >= 11 is 0. The molecule has 1 aliphatic rings. The number of hydrogen-bond acceptors (Lipinski definition) is 4. The number of pyridine rings is 1. The van der Waals surface area contributed by atoms with Crippen molar-refractivity contribution >= 4 is 22.8 Å². The summed E-state index contributed by atoms with van der Waals surface area (Å²) in [5.41, 5.74) is 3.10. The molecule has 29 heavy (non-hydrogen) atoms. The average molecular weight is 393 g/mol. The molecule has 1 aliphatic heterocycles. The number of carbonyl (C=O) groups excluding carboxylic acids is 1. The molecule has 0 bridgehead atoms. The number of aryl methyl sites for hydroxylation is 1. The maximum atomic E-state index is 12.8. The predicted molar refractivity (Wildman–Crippen MR) is 109 cm³/mol. The first kappa shape index (κ1) is 19.0. The van der Waals surface area contributed by atoms with Gasteiger partial charge in [-0.3, -0.25) is 4.79 Å². The van der Waals surface area contributed by atoms with E-state index in [4.69, 9.17) is 9.84 Å². The van der Waals surface area contributed by atoms with Crippen molar-refractivity contribution in [2.45, 2.75) is 25.7 Å². The van der Waals surface area contributed by atoms with Crippen LogP contribution in [0.3, 0.4) is 0 Å². The number of carboxylic acid groups (broad SMARTS) is 1. The lowest BCUT2D eigenvalue weighted by Crippen LogP contribution is -2.38. The normalized spacial score (nSPS) is 14.9. The molecule has 3 heterocycles. The number of nitrogens with one attached hydrogen (secondary N) is 1. The van der Waals surface area contributed by atoms with Crippen LogP contribution in [-0.4, -0.2) is 52.1 Å². The number of aromatic nitrogens is 2. The molecule has 1 amide bonds. The number of fused-ring (bicyclic) bond motifs is 1. The third-order valence-corrected chi connectivity index (χ3v) is 5.68. The number of aromatic carboxylic acids is 1. The van der Waals surface area contributed by atoms with Crippen LogP contribution in [0, 0.1) is 6.92 Å². The molecule has 1 fully saturated rings. The topological polar surface area (TPSA) is 95.5 Å². The molecule has 7 heteroatoms. The average Bonchev–Trinajstić information content (AvgIpc) is 3.16. The van der Waals surface area contributed by atoms with Gasteiger partial charge >= 0.3 is 5.97 Å². The maximum absolute atomic E-state index is 12.8.